The van der Waals surface area contributed by atoms with Crippen LogP contribution in [0.1, 0.15) is 34.1 Å². The predicted molar refractivity (Wildman–Crippen MR) is 73.7 cm³/mol. The molecule has 0 bridgehead atoms. The Bertz CT molecular complexity index is 287. The first-order valence-electron chi connectivity index (χ1n) is 6.70. The van der Waals surface area contributed by atoms with Crippen LogP contribution in [0.3, 0.4) is 0 Å². The summed E-state index contributed by atoms with van der Waals surface area (Å²) >= 11 is 0. The van der Waals surface area contributed by atoms with Gasteiger partial charge in [-0.3, -0.25) is 4.79 Å². The van der Waals surface area contributed by atoms with Crippen molar-refractivity contribution in [3.05, 3.63) is 12.2 Å². The van der Waals surface area contributed by atoms with E-state index in [2.05, 4.69) is 6.58 Å². The molecule has 0 unspecified atom stereocenters. The summed E-state index contributed by atoms with van der Waals surface area (Å²) < 4.78 is 5.06. The van der Waals surface area contributed by atoms with Crippen LogP contribution in [0.4, 0.5) is 0 Å². The van der Waals surface area contributed by atoms with Gasteiger partial charge in [0.05, 0.1) is 5.41 Å². The maximum atomic E-state index is 11.6. The molecule has 0 aliphatic heterocycles. The third kappa shape index (κ3) is 9.91. The Morgan fingerprint density at radius 2 is 1.50 bits per heavy atom. The van der Waals surface area contributed by atoms with Crippen molar-refractivity contribution in [2.75, 3.05) is 33.0 Å². The molecular formula is C14H26O6. The van der Waals surface area contributed by atoms with Gasteiger partial charge in [0.25, 0.3) is 0 Å². The predicted octanol–water partition coefficient (Wildman–Crippen LogP) is 2.44. The Morgan fingerprint density at radius 1 is 1.00 bits per heavy atom. The minimum Gasteiger partial charge on any atom is -0.463 e. The standard InChI is InChI=1S/C14H26O6/c1-6-14(4,5)13(15)16-7-8-17-18-9-10-19-20-11-12(2)3/h2,6-11H2,1,3-5H3. The molecule has 118 valence electrons. The Labute approximate surface area is 120 Å². The second kappa shape index (κ2) is 10.8. The largest absolute Gasteiger partial charge is 0.463 e. The van der Waals surface area contributed by atoms with Crippen LogP contribution in [0, 0.1) is 5.41 Å². The lowest BCUT2D eigenvalue weighted by atomic mass is 9.91. The van der Waals surface area contributed by atoms with Gasteiger partial charge in [-0.2, -0.15) is 0 Å². The lowest BCUT2D eigenvalue weighted by Crippen LogP contribution is -2.27. The summed E-state index contributed by atoms with van der Waals surface area (Å²) in [5.41, 5.74) is 0.411. The Morgan fingerprint density at radius 3 is 2.00 bits per heavy atom. The highest BCUT2D eigenvalue weighted by atomic mass is 17.2. The van der Waals surface area contributed by atoms with Gasteiger partial charge in [-0.25, -0.2) is 19.6 Å². The van der Waals surface area contributed by atoms with Crippen molar-refractivity contribution in [3.63, 3.8) is 0 Å². The molecule has 0 saturated heterocycles. The topological polar surface area (TPSA) is 63.2 Å². The van der Waals surface area contributed by atoms with Gasteiger partial charge in [-0.05, 0) is 27.2 Å². The van der Waals surface area contributed by atoms with E-state index in [0.29, 0.717) is 6.61 Å². The zero-order valence-corrected chi connectivity index (χ0v) is 12.9. The zero-order valence-electron chi connectivity index (χ0n) is 12.9. The number of hydrogen-bond acceptors (Lipinski definition) is 6. The number of ether oxygens (including phenoxy) is 1. The van der Waals surface area contributed by atoms with Crippen LogP contribution < -0.4 is 0 Å². The van der Waals surface area contributed by atoms with Crippen LogP contribution >= 0.6 is 0 Å². The van der Waals surface area contributed by atoms with Crippen molar-refractivity contribution >= 4 is 5.97 Å². The minimum absolute atomic E-state index is 0.162. The van der Waals surface area contributed by atoms with Gasteiger partial charge in [-0.15, -0.1) is 0 Å². The van der Waals surface area contributed by atoms with Crippen molar-refractivity contribution < 1.29 is 29.1 Å². The number of carbonyl (C=O) groups is 1. The third-order valence-electron chi connectivity index (χ3n) is 2.56. The van der Waals surface area contributed by atoms with E-state index in [0.717, 1.165) is 12.0 Å². The summed E-state index contributed by atoms with van der Waals surface area (Å²) in [5.74, 6) is -0.236. The van der Waals surface area contributed by atoms with E-state index in [4.69, 9.17) is 24.3 Å². The average Bonchev–Trinajstić information content (AvgIpc) is 2.40. The monoisotopic (exact) mass is 290 g/mol. The molecule has 0 radical (unpaired) electrons. The molecule has 0 heterocycles. The summed E-state index contributed by atoms with van der Waals surface area (Å²) in [6.07, 6.45) is 0.727. The highest BCUT2D eigenvalue weighted by Gasteiger charge is 2.26. The van der Waals surface area contributed by atoms with E-state index in [9.17, 15) is 4.79 Å². The van der Waals surface area contributed by atoms with Gasteiger partial charge in [0.15, 0.2) is 0 Å². The van der Waals surface area contributed by atoms with Crippen molar-refractivity contribution in [2.45, 2.75) is 34.1 Å². The van der Waals surface area contributed by atoms with Crippen LogP contribution in [0.25, 0.3) is 0 Å². The van der Waals surface area contributed by atoms with Gasteiger partial charge in [0.2, 0.25) is 0 Å². The molecule has 0 aliphatic rings. The maximum absolute atomic E-state index is 11.6. The molecule has 0 aromatic carbocycles. The second-order valence-corrected chi connectivity index (χ2v) is 5.06. The fraction of sp³-hybridized carbons (Fsp3) is 0.786. The molecule has 0 amide bonds. The molecule has 0 atom stereocenters. The lowest BCUT2D eigenvalue weighted by molar-refractivity contribution is -0.339. The summed E-state index contributed by atoms with van der Waals surface area (Å²) in [7, 11) is 0. The van der Waals surface area contributed by atoms with Crippen LogP contribution in [0.2, 0.25) is 0 Å². The van der Waals surface area contributed by atoms with E-state index in [-0.39, 0.29) is 32.4 Å². The number of hydrogen-bond donors (Lipinski definition) is 0. The van der Waals surface area contributed by atoms with Crippen LogP contribution in [0.5, 0.6) is 0 Å². The Balaban J connectivity index is 3.33. The highest BCUT2D eigenvalue weighted by Crippen LogP contribution is 2.21. The summed E-state index contributed by atoms with van der Waals surface area (Å²) in [6, 6.07) is 0. The maximum Gasteiger partial charge on any atom is 0.311 e. The van der Waals surface area contributed by atoms with Crippen LogP contribution in [0.15, 0.2) is 12.2 Å². The molecule has 0 aliphatic carbocycles. The fourth-order valence-corrected chi connectivity index (χ4v) is 0.895. The smallest absolute Gasteiger partial charge is 0.311 e. The number of rotatable bonds is 12. The fourth-order valence-electron chi connectivity index (χ4n) is 0.895. The molecule has 0 aromatic heterocycles. The molecule has 0 aromatic rings. The van der Waals surface area contributed by atoms with E-state index < -0.39 is 5.41 Å². The van der Waals surface area contributed by atoms with E-state index in [1.165, 1.54) is 0 Å². The molecule has 0 rings (SSSR count). The van der Waals surface area contributed by atoms with Gasteiger partial charge < -0.3 is 4.74 Å². The first-order chi connectivity index (χ1) is 9.40. The zero-order chi connectivity index (χ0) is 15.4. The summed E-state index contributed by atoms with van der Waals surface area (Å²) in [5, 5.41) is 0. The van der Waals surface area contributed by atoms with Crippen molar-refractivity contribution in [1.29, 1.82) is 0 Å². The second-order valence-electron chi connectivity index (χ2n) is 5.06. The first kappa shape index (κ1) is 19.1. The van der Waals surface area contributed by atoms with E-state index in [1.54, 1.807) is 0 Å². The van der Waals surface area contributed by atoms with Gasteiger partial charge in [0, 0.05) is 0 Å². The molecular weight excluding hydrogens is 264 g/mol. The minimum atomic E-state index is -0.463. The molecule has 0 spiro atoms. The average molecular weight is 290 g/mol. The summed E-state index contributed by atoms with van der Waals surface area (Å²) in [4.78, 5) is 30.8. The molecule has 6 nitrogen and oxygen atoms in total. The Kier molecular flexibility index (Phi) is 10.3. The van der Waals surface area contributed by atoms with Crippen molar-refractivity contribution in [3.8, 4) is 0 Å². The Hall–Kier alpha value is -0.950. The van der Waals surface area contributed by atoms with Gasteiger partial charge in [0.1, 0.15) is 33.0 Å². The molecule has 0 fully saturated rings. The SMILES string of the molecule is C=C(C)COOCCOOCCOC(=O)C(C)(C)CC. The highest BCUT2D eigenvalue weighted by molar-refractivity contribution is 5.75. The first-order valence-corrected chi connectivity index (χ1v) is 6.70. The van der Waals surface area contributed by atoms with E-state index in [1.807, 2.05) is 27.7 Å². The lowest BCUT2D eigenvalue weighted by Gasteiger charge is -2.20. The number of carbonyl (C=O) groups excluding carboxylic acids is 1. The quantitative estimate of drug-likeness (QED) is 0.181. The molecule has 6 heteroatoms. The van der Waals surface area contributed by atoms with Gasteiger partial charge in [-0.1, -0.05) is 19.1 Å². The number of esters is 1. The third-order valence-corrected chi connectivity index (χ3v) is 2.56. The van der Waals surface area contributed by atoms with Gasteiger partial charge >= 0.3 is 5.97 Å². The molecule has 0 N–H and O–H groups in total. The van der Waals surface area contributed by atoms with Crippen LogP contribution in [-0.4, -0.2) is 39.0 Å². The van der Waals surface area contributed by atoms with Crippen molar-refractivity contribution in [2.24, 2.45) is 5.41 Å². The molecule has 20 heavy (non-hydrogen) atoms. The van der Waals surface area contributed by atoms with Crippen LogP contribution in [-0.2, 0) is 29.1 Å². The molecule has 0 saturated carbocycles. The normalized spacial score (nSPS) is 11.4. The van der Waals surface area contributed by atoms with E-state index >= 15 is 0 Å². The van der Waals surface area contributed by atoms with Crippen molar-refractivity contribution in [1.82, 2.24) is 0 Å². The summed E-state index contributed by atoms with van der Waals surface area (Å²) in [6.45, 7) is 12.3.